The third kappa shape index (κ3) is 4.85. The van der Waals surface area contributed by atoms with Gasteiger partial charge in [0.25, 0.3) is 0 Å². The van der Waals surface area contributed by atoms with Gasteiger partial charge in [-0.3, -0.25) is 4.79 Å². The SMILES string of the molecule is COCCOC(=O)Cc1ccc(S)cc1. The lowest BCUT2D eigenvalue weighted by Crippen LogP contribution is -2.11. The van der Waals surface area contributed by atoms with Crippen LogP contribution in [0.4, 0.5) is 0 Å². The highest BCUT2D eigenvalue weighted by atomic mass is 32.1. The van der Waals surface area contributed by atoms with Crippen LogP contribution in [0.5, 0.6) is 0 Å². The fraction of sp³-hybridized carbons (Fsp3) is 0.364. The normalized spacial score (nSPS) is 10.0. The molecule has 3 nitrogen and oxygen atoms in total. The molecule has 0 atom stereocenters. The van der Waals surface area contributed by atoms with E-state index in [0.717, 1.165) is 10.5 Å². The Bertz CT molecular complexity index is 308. The summed E-state index contributed by atoms with van der Waals surface area (Å²) in [6, 6.07) is 7.42. The third-order valence-electron chi connectivity index (χ3n) is 1.84. The number of ether oxygens (including phenoxy) is 2. The van der Waals surface area contributed by atoms with Crippen molar-refractivity contribution in [3.63, 3.8) is 0 Å². The molecular formula is C11H14O3S. The molecule has 0 radical (unpaired) electrons. The molecule has 0 heterocycles. The quantitative estimate of drug-likeness (QED) is 0.471. The number of carbonyl (C=O) groups is 1. The molecule has 0 spiro atoms. The highest BCUT2D eigenvalue weighted by Gasteiger charge is 2.03. The highest BCUT2D eigenvalue weighted by Crippen LogP contribution is 2.08. The van der Waals surface area contributed by atoms with E-state index in [1.54, 1.807) is 7.11 Å². The lowest BCUT2D eigenvalue weighted by Gasteiger charge is -2.04. The smallest absolute Gasteiger partial charge is 0.310 e. The molecule has 0 amide bonds. The molecule has 0 saturated heterocycles. The molecule has 0 unspecified atom stereocenters. The van der Waals surface area contributed by atoms with Crippen molar-refractivity contribution in [2.24, 2.45) is 0 Å². The maximum absolute atomic E-state index is 11.3. The molecule has 82 valence electrons. The van der Waals surface area contributed by atoms with Gasteiger partial charge < -0.3 is 9.47 Å². The van der Waals surface area contributed by atoms with Gasteiger partial charge in [-0.15, -0.1) is 12.6 Å². The van der Waals surface area contributed by atoms with Gasteiger partial charge in [0.1, 0.15) is 6.61 Å². The summed E-state index contributed by atoms with van der Waals surface area (Å²) >= 11 is 4.16. The van der Waals surface area contributed by atoms with Gasteiger partial charge in [-0.1, -0.05) is 12.1 Å². The lowest BCUT2D eigenvalue weighted by atomic mass is 10.1. The number of hydrogen-bond donors (Lipinski definition) is 1. The van der Waals surface area contributed by atoms with E-state index in [0.29, 0.717) is 13.2 Å². The monoisotopic (exact) mass is 226 g/mol. The summed E-state index contributed by atoms with van der Waals surface area (Å²) in [5.41, 5.74) is 0.926. The maximum atomic E-state index is 11.3. The van der Waals surface area contributed by atoms with E-state index in [1.165, 1.54) is 0 Å². The molecular weight excluding hydrogens is 212 g/mol. The number of benzene rings is 1. The van der Waals surface area contributed by atoms with Crippen molar-refractivity contribution in [1.29, 1.82) is 0 Å². The van der Waals surface area contributed by atoms with Crippen LogP contribution in [0.1, 0.15) is 5.56 Å². The molecule has 0 N–H and O–H groups in total. The number of carbonyl (C=O) groups excluding carboxylic acids is 1. The first-order valence-corrected chi connectivity index (χ1v) is 5.09. The van der Waals surface area contributed by atoms with Crippen molar-refractivity contribution in [2.45, 2.75) is 11.3 Å². The molecule has 4 heteroatoms. The summed E-state index contributed by atoms with van der Waals surface area (Å²) in [6.07, 6.45) is 0.289. The topological polar surface area (TPSA) is 35.5 Å². The molecule has 1 aromatic carbocycles. The third-order valence-corrected chi connectivity index (χ3v) is 2.13. The van der Waals surface area contributed by atoms with Crippen LogP contribution in [0, 0.1) is 0 Å². The van der Waals surface area contributed by atoms with E-state index < -0.39 is 0 Å². The fourth-order valence-corrected chi connectivity index (χ4v) is 1.22. The second-order valence-corrected chi connectivity index (χ2v) is 3.57. The second kappa shape index (κ2) is 6.48. The molecule has 0 aliphatic rings. The van der Waals surface area contributed by atoms with Crippen LogP contribution >= 0.6 is 12.6 Å². The van der Waals surface area contributed by atoms with E-state index in [4.69, 9.17) is 9.47 Å². The van der Waals surface area contributed by atoms with E-state index in [-0.39, 0.29) is 12.4 Å². The van der Waals surface area contributed by atoms with E-state index >= 15 is 0 Å². The first kappa shape index (κ1) is 12.1. The first-order valence-electron chi connectivity index (χ1n) is 4.65. The van der Waals surface area contributed by atoms with Crippen LogP contribution < -0.4 is 0 Å². The largest absolute Gasteiger partial charge is 0.463 e. The van der Waals surface area contributed by atoms with Crippen molar-refractivity contribution < 1.29 is 14.3 Å². The summed E-state index contributed by atoms with van der Waals surface area (Å²) < 4.78 is 9.70. The Labute approximate surface area is 94.8 Å². The van der Waals surface area contributed by atoms with Gasteiger partial charge in [0.15, 0.2) is 0 Å². The summed E-state index contributed by atoms with van der Waals surface area (Å²) in [4.78, 5) is 12.2. The van der Waals surface area contributed by atoms with Crippen molar-refractivity contribution in [1.82, 2.24) is 0 Å². The van der Waals surface area contributed by atoms with Crippen LogP contribution in [0.2, 0.25) is 0 Å². The molecule has 0 aromatic heterocycles. The second-order valence-electron chi connectivity index (χ2n) is 3.06. The van der Waals surface area contributed by atoms with E-state index in [2.05, 4.69) is 12.6 Å². The average Bonchev–Trinajstić information content (AvgIpc) is 2.22. The van der Waals surface area contributed by atoms with Crippen molar-refractivity contribution in [3.8, 4) is 0 Å². The Morgan fingerprint density at radius 3 is 2.53 bits per heavy atom. The standard InChI is InChI=1S/C11H14O3S/c1-13-6-7-14-11(12)8-9-2-4-10(15)5-3-9/h2-5,15H,6-8H2,1H3. The molecule has 0 saturated carbocycles. The Morgan fingerprint density at radius 1 is 1.27 bits per heavy atom. The van der Waals surface area contributed by atoms with Crippen LogP contribution in [-0.2, 0) is 20.7 Å². The van der Waals surface area contributed by atoms with E-state index in [9.17, 15) is 4.79 Å². The summed E-state index contributed by atoms with van der Waals surface area (Å²) in [5.74, 6) is -0.237. The van der Waals surface area contributed by atoms with Gasteiger partial charge in [-0.25, -0.2) is 0 Å². The van der Waals surface area contributed by atoms with Gasteiger partial charge in [0, 0.05) is 12.0 Å². The number of rotatable bonds is 5. The number of hydrogen-bond acceptors (Lipinski definition) is 4. The minimum absolute atomic E-state index is 0.237. The van der Waals surface area contributed by atoms with Crippen LogP contribution in [-0.4, -0.2) is 26.3 Å². The van der Waals surface area contributed by atoms with Crippen molar-refractivity contribution in [3.05, 3.63) is 29.8 Å². The van der Waals surface area contributed by atoms with Gasteiger partial charge in [0.05, 0.1) is 13.0 Å². The van der Waals surface area contributed by atoms with Gasteiger partial charge >= 0.3 is 5.97 Å². The zero-order valence-corrected chi connectivity index (χ0v) is 9.50. The van der Waals surface area contributed by atoms with Crippen LogP contribution in [0.25, 0.3) is 0 Å². The zero-order valence-electron chi connectivity index (χ0n) is 8.60. The maximum Gasteiger partial charge on any atom is 0.310 e. The molecule has 0 fully saturated rings. The molecule has 0 aliphatic carbocycles. The van der Waals surface area contributed by atoms with Crippen molar-refractivity contribution in [2.75, 3.05) is 20.3 Å². The Balaban J connectivity index is 2.34. The predicted octanol–water partition coefficient (Wildman–Crippen LogP) is 1.71. The summed E-state index contributed by atoms with van der Waals surface area (Å²) in [7, 11) is 1.57. The zero-order chi connectivity index (χ0) is 11.1. The van der Waals surface area contributed by atoms with Crippen LogP contribution in [0.3, 0.4) is 0 Å². The minimum Gasteiger partial charge on any atom is -0.463 e. The first-order chi connectivity index (χ1) is 7.22. The summed E-state index contributed by atoms with van der Waals surface area (Å²) in [6.45, 7) is 0.737. The van der Waals surface area contributed by atoms with Crippen molar-refractivity contribution >= 4 is 18.6 Å². The predicted molar refractivity (Wildman–Crippen MR) is 60.2 cm³/mol. The highest BCUT2D eigenvalue weighted by molar-refractivity contribution is 7.80. The molecule has 1 aromatic rings. The Morgan fingerprint density at radius 2 is 1.93 bits per heavy atom. The van der Waals surface area contributed by atoms with Gasteiger partial charge in [-0.05, 0) is 17.7 Å². The minimum atomic E-state index is -0.237. The number of thiol groups is 1. The average molecular weight is 226 g/mol. The molecule has 1 rings (SSSR count). The Kier molecular flexibility index (Phi) is 5.21. The van der Waals surface area contributed by atoms with Gasteiger partial charge in [0.2, 0.25) is 0 Å². The number of methoxy groups -OCH3 is 1. The fourth-order valence-electron chi connectivity index (χ4n) is 1.07. The lowest BCUT2D eigenvalue weighted by molar-refractivity contribution is -0.144. The van der Waals surface area contributed by atoms with Gasteiger partial charge in [-0.2, -0.15) is 0 Å². The molecule has 0 bridgehead atoms. The molecule has 15 heavy (non-hydrogen) atoms. The Hall–Kier alpha value is -1.00. The summed E-state index contributed by atoms with van der Waals surface area (Å²) in [5, 5.41) is 0. The molecule has 0 aliphatic heterocycles. The number of esters is 1. The van der Waals surface area contributed by atoms with E-state index in [1.807, 2.05) is 24.3 Å². The van der Waals surface area contributed by atoms with Crippen LogP contribution in [0.15, 0.2) is 29.2 Å².